The summed E-state index contributed by atoms with van der Waals surface area (Å²) in [5, 5.41) is 10.1. The second kappa shape index (κ2) is 6.71. The van der Waals surface area contributed by atoms with Gasteiger partial charge < -0.3 is 19.5 Å². The van der Waals surface area contributed by atoms with Crippen LogP contribution in [0, 0.1) is 0 Å². The van der Waals surface area contributed by atoms with Crippen molar-refractivity contribution in [1.29, 1.82) is 0 Å². The second-order valence-corrected chi connectivity index (χ2v) is 7.80. The van der Waals surface area contributed by atoms with Crippen LogP contribution in [0.25, 0.3) is 0 Å². The molecule has 26 heavy (non-hydrogen) atoms. The van der Waals surface area contributed by atoms with Crippen molar-refractivity contribution in [3.8, 4) is 11.5 Å². The number of carbonyl (C=O) groups excluding carboxylic acids is 1. The average molecular weight is 357 g/mol. The number of ether oxygens (including phenoxy) is 2. The lowest BCUT2D eigenvalue weighted by Crippen LogP contribution is -2.42. The highest BCUT2D eigenvalue weighted by Gasteiger charge is 2.52. The number of aliphatic hydroxyl groups excluding tert-OH is 1. The fourth-order valence-corrected chi connectivity index (χ4v) is 4.54. The molecule has 5 heteroatoms. The van der Waals surface area contributed by atoms with Gasteiger partial charge in [-0.3, -0.25) is 4.79 Å². The summed E-state index contributed by atoms with van der Waals surface area (Å²) in [5.41, 5.74) is 2.23. The van der Waals surface area contributed by atoms with E-state index in [4.69, 9.17) is 9.47 Å². The fourth-order valence-electron chi connectivity index (χ4n) is 4.54. The normalized spacial score (nSPS) is 29.5. The molecule has 2 heterocycles. The van der Waals surface area contributed by atoms with Crippen LogP contribution in [-0.4, -0.2) is 48.2 Å². The van der Waals surface area contributed by atoms with Crippen LogP contribution in [0.3, 0.4) is 0 Å². The Morgan fingerprint density at radius 2 is 2.31 bits per heavy atom. The Morgan fingerprint density at radius 3 is 3.12 bits per heavy atom. The van der Waals surface area contributed by atoms with Gasteiger partial charge in [-0.05, 0) is 38.1 Å². The maximum absolute atomic E-state index is 11.9. The lowest BCUT2D eigenvalue weighted by atomic mass is 9.69. The summed E-state index contributed by atoms with van der Waals surface area (Å²) in [6.07, 6.45) is 6.40. The monoisotopic (exact) mass is 357 g/mol. The van der Waals surface area contributed by atoms with Crippen molar-refractivity contribution >= 4 is 5.78 Å². The van der Waals surface area contributed by atoms with Gasteiger partial charge in [0.2, 0.25) is 0 Å². The summed E-state index contributed by atoms with van der Waals surface area (Å²) >= 11 is 0. The molecule has 0 bridgehead atoms. The van der Waals surface area contributed by atoms with E-state index in [9.17, 15) is 9.90 Å². The van der Waals surface area contributed by atoms with Crippen molar-refractivity contribution in [2.24, 2.45) is 0 Å². The Morgan fingerprint density at radius 1 is 1.46 bits per heavy atom. The molecule has 140 valence electrons. The van der Waals surface area contributed by atoms with Crippen LogP contribution < -0.4 is 9.47 Å². The maximum Gasteiger partial charge on any atom is 0.170 e. The van der Waals surface area contributed by atoms with Crippen LogP contribution in [-0.2, 0) is 16.8 Å². The second-order valence-electron chi connectivity index (χ2n) is 7.80. The molecule has 4 rings (SSSR count). The highest BCUT2D eigenvalue weighted by Crippen LogP contribution is 2.55. The van der Waals surface area contributed by atoms with Crippen LogP contribution >= 0.6 is 0 Å². The van der Waals surface area contributed by atoms with E-state index in [0.29, 0.717) is 18.6 Å². The van der Waals surface area contributed by atoms with Gasteiger partial charge in [0, 0.05) is 24.9 Å². The Hall–Kier alpha value is -1.85. The third-order valence-electron chi connectivity index (χ3n) is 5.84. The molecule has 2 aliphatic heterocycles. The van der Waals surface area contributed by atoms with Gasteiger partial charge in [-0.25, -0.2) is 0 Å². The number of hydrogen-bond donors (Lipinski definition) is 1. The standard InChI is InChI=1S/C21H27NO4/c1-3-4-16(24)13-25-17-6-5-14-12-22(2)10-9-21-8-7-15(23)11-18(21)26-20(17)19(14)21/h5-8,15,18,23H,3-4,9-13H2,1-2H3/t15-,18-,21-/m0/s1. The van der Waals surface area contributed by atoms with E-state index in [1.807, 2.05) is 19.1 Å². The van der Waals surface area contributed by atoms with Crippen molar-refractivity contribution in [2.45, 2.75) is 56.8 Å². The molecule has 1 spiro atoms. The number of carbonyl (C=O) groups is 1. The summed E-state index contributed by atoms with van der Waals surface area (Å²) in [6, 6.07) is 4.03. The smallest absolute Gasteiger partial charge is 0.170 e. The van der Waals surface area contributed by atoms with Crippen LogP contribution in [0.15, 0.2) is 24.3 Å². The van der Waals surface area contributed by atoms with Crippen molar-refractivity contribution < 1.29 is 19.4 Å². The van der Waals surface area contributed by atoms with Gasteiger partial charge in [0.15, 0.2) is 17.3 Å². The molecule has 5 nitrogen and oxygen atoms in total. The van der Waals surface area contributed by atoms with E-state index in [1.165, 1.54) is 11.1 Å². The number of nitrogens with zero attached hydrogens (tertiary/aromatic N) is 1. The molecule has 3 aliphatic rings. The molecule has 1 N–H and O–H groups in total. The van der Waals surface area contributed by atoms with E-state index >= 15 is 0 Å². The molecular formula is C21H27NO4. The van der Waals surface area contributed by atoms with E-state index in [0.717, 1.165) is 31.7 Å². The first kappa shape index (κ1) is 17.6. The minimum atomic E-state index is -0.472. The summed E-state index contributed by atoms with van der Waals surface area (Å²) in [5.74, 6) is 1.52. The van der Waals surface area contributed by atoms with Gasteiger partial charge in [-0.2, -0.15) is 0 Å². The largest absolute Gasteiger partial charge is 0.485 e. The Bertz CT molecular complexity index is 744. The highest BCUT2D eigenvalue weighted by molar-refractivity contribution is 5.80. The number of rotatable bonds is 5. The van der Waals surface area contributed by atoms with Gasteiger partial charge in [-0.1, -0.05) is 25.1 Å². The molecule has 0 saturated heterocycles. The van der Waals surface area contributed by atoms with Crippen molar-refractivity contribution in [1.82, 2.24) is 4.90 Å². The van der Waals surface area contributed by atoms with Crippen molar-refractivity contribution in [2.75, 3.05) is 20.2 Å². The third-order valence-corrected chi connectivity index (χ3v) is 5.84. The molecule has 0 saturated carbocycles. The number of ketones is 1. The highest BCUT2D eigenvalue weighted by atomic mass is 16.5. The molecule has 0 fully saturated rings. The van der Waals surface area contributed by atoms with E-state index in [1.54, 1.807) is 0 Å². The maximum atomic E-state index is 11.9. The summed E-state index contributed by atoms with van der Waals surface area (Å²) < 4.78 is 12.2. The SMILES string of the molecule is CCCC(=O)COc1ccc2c3c1O[C@H]1C[C@@H](O)C=C[C@@]31CCN(C)C2. The quantitative estimate of drug-likeness (QED) is 0.821. The average Bonchev–Trinajstić information content (AvgIpc) is 2.86. The molecule has 0 radical (unpaired) electrons. The van der Waals surface area contributed by atoms with E-state index in [-0.39, 0.29) is 23.9 Å². The van der Waals surface area contributed by atoms with Gasteiger partial charge in [-0.15, -0.1) is 0 Å². The summed E-state index contributed by atoms with van der Waals surface area (Å²) in [4.78, 5) is 14.2. The first-order valence-corrected chi connectivity index (χ1v) is 9.57. The number of benzene rings is 1. The zero-order valence-corrected chi connectivity index (χ0v) is 15.5. The van der Waals surface area contributed by atoms with Crippen LogP contribution in [0.2, 0.25) is 0 Å². The fraction of sp³-hybridized carbons (Fsp3) is 0.571. The minimum Gasteiger partial charge on any atom is -0.485 e. The number of hydrogen-bond acceptors (Lipinski definition) is 5. The summed E-state index contributed by atoms with van der Waals surface area (Å²) in [6.45, 7) is 3.91. The predicted molar refractivity (Wildman–Crippen MR) is 98.7 cm³/mol. The number of Topliss-reactive ketones (excluding diaryl/α,β-unsaturated/α-hetero) is 1. The van der Waals surface area contributed by atoms with Crippen molar-refractivity contribution in [3.05, 3.63) is 35.4 Å². The summed E-state index contributed by atoms with van der Waals surface area (Å²) in [7, 11) is 2.13. The zero-order chi connectivity index (χ0) is 18.3. The van der Waals surface area contributed by atoms with Gasteiger partial charge in [0.1, 0.15) is 12.7 Å². The van der Waals surface area contributed by atoms with Crippen LogP contribution in [0.1, 0.15) is 43.7 Å². The van der Waals surface area contributed by atoms with Gasteiger partial charge >= 0.3 is 0 Å². The Balaban J connectivity index is 1.73. The Labute approximate surface area is 154 Å². The van der Waals surface area contributed by atoms with Crippen LogP contribution in [0.4, 0.5) is 0 Å². The molecule has 0 amide bonds. The molecule has 0 unspecified atom stereocenters. The Kier molecular flexibility index (Phi) is 4.53. The first-order valence-electron chi connectivity index (χ1n) is 9.57. The zero-order valence-electron chi connectivity index (χ0n) is 15.5. The van der Waals surface area contributed by atoms with Gasteiger partial charge in [0.25, 0.3) is 0 Å². The molecule has 1 aliphatic carbocycles. The predicted octanol–water partition coefficient (Wildman–Crippen LogP) is 2.59. The molecule has 1 aromatic rings. The first-order chi connectivity index (χ1) is 12.5. The van der Waals surface area contributed by atoms with Crippen molar-refractivity contribution in [3.63, 3.8) is 0 Å². The molecule has 0 aromatic heterocycles. The number of aliphatic hydroxyl groups is 1. The topological polar surface area (TPSA) is 59.0 Å². The van der Waals surface area contributed by atoms with Gasteiger partial charge in [0.05, 0.1) is 11.5 Å². The van der Waals surface area contributed by atoms with Crippen LogP contribution in [0.5, 0.6) is 11.5 Å². The van der Waals surface area contributed by atoms with E-state index < -0.39 is 6.10 Å². The molecule has 1 aromatic carbocycles. The minimum absolute atomic E-state index is 0.0824. The third kappa shape index (κ3) is 2.83. The molecular weight excluding hydrogens is 330 g/mol. The lowest BCUT2D eigenvalue weighted by molar-refractivity contribution is -0.121. The molecule has 3 atom stereocenters. The lowest BCUT2D eigenvalue weighted by Gasteiger charge is -2.35. The van der Waals surface area contributed by atoms with E-state index in [2.05, 4.69) is 24.1 Å².